The number of hydrogen-bond acceptors (Lipinski definition) is 1. The molecule has 0 fully saturated rings. The van der Waals surface area contributed by atoms with E-state index in [1.807, 2.05) is 0 Å². The van der Waals surface area contributed by atoms with Crippen LogP contribution in [0.3, 0.4) is 0 Å². The first-order valence-corrected chi connectivity index (χ1v) is 11.7. The molecule has 0 aromatic heterocycles. The van der Waals surface area contributed by atoms with Crippen molar-refractivity contribution in [2.45, 2.75) is 104 Å². The van der Waals surface area contributed by atoms with E-state index in [9.17, 15) is 0 Å². The van der Waals surface area contributed by atoms with Gasteiger partial charge in [0.15, 0.2) is 0 Å². The van der Waals surface area contributed by atoms with Gasteiger partial charge < -0.3 is 4.74 Å². The summed E-state index contributed by atoms with van der Waals surface area (Å²) in [5.41, 5.74) is 3.13. The average molecular weight is 371 g/mol. The second kappa shape index (κ2) is 13.9. The summed E-state index contributed by atoms with van der Waals surface area (Å²) in [5, 5.41) is 0. The lowest BCUT2D eigenvalue weighted by Crippen LogP contribution is -2.06. The van der Waals surface area contributed by atoms with Gasteiger partial charge in [-0.25, -0.2) is 0 Å². The Labute approximate surface area is 168 Å². The first-order valence-electron chi connectivity index (χ1n) is 11.7. The molecule has 0 bridgehead atoms. The molecule has 0 spiro atoms. The molecule has 0 heterocycles. The molecular formula is C26H42O. The average Bonchev–Trinajstić information content (AvgIpc) is 2.71. The molecule has 0 saturated heterocycles. The van der Waals surface area contributed by atoms with E-state index in [0.29, 0.717) is 0 Å². The maximum atomic E-state index is 5.81. The van der Waals surface area contributed by atoms with Crippen LogP contribution in [0.2, 0.25) is 0 Å². The molecule has 1 atom stereocenters. The summed E-state index contributed by atoms with van der Waals surface area (Å²) < 4.78 is 5.81. The number of ether oxygens (including phenoxy) is 1. The third-order valence-electron chi connectivity index (χ3n) is 6.00. The van der Waals surface area contributed by atoms with Gasteiger partial charge in [-0.15, -0.1) is 0 Å². The van der Waals surface area contributed by atoms with Gasteiger partial charge in [0.2, 0.25) is 0 Å². The fourth-order valence-electron chi connectivity index (χ4n) is 4.07. The molecule has 1 aliphatic carbocycles. The predicted octanol–water partition coefficient (Wildman–Crippen LogP) is 8.28. The minimum atomic E-state index is 0.847. The van der Waals surface area contributed by atoms with Crippen molar-refractivity contribution >= 4 is 0 Å². The molecule has 0 saturated carbocycles. The number of hydrogen-bond donors (Lipinski definition) is 0. The Bertz CT molecular complexity index is 514. The van der Waals surface area contributed by atoms with Gasteiger partial charge in [-0.05, 0) is 62.1 Å². The summed E-state index contributed by atoms with van der Waals surface area (Å²) in [6.07, 6.45) is 21.3. The maximum Gasteiger partial charge on any atom is 0.119 e. The number of aryl methyl sites for hydroxylation is 1. The zero-order chi connectivity index (χ0) is 19.2. The first kappa shape index (κ1) is 22.1. The highest BCUT2D eigenvalue weighted by atomic mass is 16.5. The zero-order valence-corrected chi connectivity index (χ0v) is 18.0. The van der Waals surface area contributed by atoms with Crippen LogP contribution in [0.1, 0.15) is 103 Å². The fourth-order valence-corrected chi connectivity index (χ4v) is 4.07. The summed E-state index contributed by atoms with van der Waals surface area (Å²) in [4.78, 5) is 0. The molecule has 2 rings (SSSR count). The SMILES string of the molecule is CCCCCCCC1CC=C(CCc2ccc(OCCCCC)cc2)CC1. The van der Waals surface area contributed by atoms with Crippen LogP contribution in [0, 0.1) is 5.92 Å². The van der Waals surface area contributed by atoms with Crippen molar-refractivity contribution in [3.8, 4) is 5.75 Å². The van der Waals surface area contributed by atoms with E-state index in [2.05, 4.69) is 44.2 Å². The number of benzene rings is 1. The smallest absolute Gasteiger partial charge is 0.119 e. The summed E-state index contributed by atoms with van der Waals surface area (Å²) in [6, 6.07) is 8.78. The lowest BCUT2D eigenvalue weighted by molar-refractivity contribution is 0.306. The molecule has 1 nitrogen and oxygen atoms in total. The van der Waals surface area contributed by atoms with E-state index in [1.165, 1.54) is 89.0 Å². The largest absolute Gasteiger partial charge is 0.494 e. The highest BCUT2D eigenvalue weighted by Gasteiger charge is 2.14. The minimum absolute atomic E-state index is 0.847. The van der Waals surface area contributed by atoms with E-state index in [1.54, 1.807) is 5.57 Å². The first-order chi connectivity index (χ1) is 13.3. The molecule has 0 aliphatic heterocycles. The van der Waals surface area contributed by atoms with Gasteiger partial charge >= 0.3 is 0 Å². The molecule has 27 heavy (non-hydrogen) atoms. The summed E-state index contributed by atoms with van der Waals surface area (Å²) in [5.74, 6) is 1.98. The molecule has 1 aromatic rings. The van der Waals surface area contributed by atoms with Crippen molar-refractivity contribution < 1.29 is 4.74 Å². The molecule has 1 heteroatoms. The minimum Gasteiger partial charge on any atom is -0.494 e. The van der Waals surface area contributed by atoms with Gasteiger partial charge in [0.25, 0.3) is 0 Å². The Morgan fingerprint density at radius 1 is 0.852 bits per heavy atom. The summed E-state index contributed by atoms with van der Waals surface area (Å²) in [6.45, 7) is 5.37. The molecule has 0 radical (unpaired) electrons. The van der Waals surface area contributed by atoms with Crippen LogP contribution >= 0.6 is 0 Å². The standard InChI is InChI=1S/C26H42O/c1-3-5-7-8-9-11-23-12-14-24(15-13-23)16-17-25-18-20-26(21-19-25)27-22-10-6-4-2/h14,18-21,23H,3-13,15-17,22H2,1-2H3. The Hall–Kier alpha value is -1.24. The topological polar surface area (TPSA) is 9.23 Å². The summed E-state index contributed by atoms with van der Waals surface area (Å²) >= 11 is 0. The van der Waals surface area contributed by atoms with Crippen LogP contribution in [-0.4, -0.2) is 6.61 Å². The normalized spacial score (nSPS) is 17.0. The second-order valence-corrected chi connectivity index (χ2v) is 8.41. The molecule has 152 valence electrons. The summed E-state index contributed by atoms with van der Waals surface area (Å²) in [7, 11) is 0. The molecular weight excluding hydrogens is 328 g/mol. The van der Waals surface area contributed by atoms with Crippen LogP contribution < -0.4 is 4.74 Å². The Kier molecular flexibility index (Phi) is 11.3. The third-order valence-corrected chi connectivity index (χ3v) is 6.00. The van der Waals surface area contributed by atoms with Crippen LogP contribution in [0.25, 0.3) is 0 Å². The van der Waals surface area contributed by atoms with E-state index < -0.39 is 0 Å². The van der Waals surface area contributed by atoms with Crippen LogP contribution in [-0.2, 0) is 6.42 Å². The molecule has 0 amide bonds. The second-order valence-electron chi connectivity index (χ2n) is 8.41. The lowest BCUT2D eigenvalue weighted by Gasteiger charge is -2.22. The van der Waals surface area contributed by atoms with Crippen molar-refractivity contribution in [2.75, 3.05) is 6.61 Å². The maximum absolute atomic E-state index is 5.81. The van der Waals surface area contributed by atoms with Crippen LogP contribution in [0.15, 0.2) is 35.9 Å². The Morgan fingerprint density at radius 3 is 2.30 bits per heavy atom. The van der Waals surface area contributed by atoms with Gasteiger partial charge in [-0.2, -0.15) is 0 Å². The molecule has 1 aromatic carbocycles. The van der Waals surface area contributed by atoms with Gasteiger partial charge in [0, 0.05) is 0 Å². The Morgan fingerprint density at radius 2 is 1.59 bits per heavy atom. The van der Waals surface area contributed by atoms with Crippen molar-refractivity contribution in [3.05, 3.63) is 41.5 Å². The van der Waals surface area contributed by atoms with Gasteiger partial charge in [-0.1, -0.05) is 89.0 Å². The molecule has 1 aliphatic rings. The van der Waals surface area contributed by atoms with Gasteiger partial charge in [-0.3, -0.25) is 0 Å². The number of allylic oxidation sites excluding steroid dienone is 2. The third kappa shape index (κ3) is 9.49. The molecule has 0 N–H and O–H groups in total. The van der Waals surface area contributed by atoms with E-state index >= 15 is 0 Å². The van der Waals surface area contributed by atoms with Crippen LogP contribution in [0.4, 0.5) is 0 Å². The van der Waals surface area contributed by atoms with Crippen molar-refractivity contribution in [3.63, 3.8) is 0 Å². The van der Waals surface area contributed by atoms with Crippen molar-refractivity contribution in [2.24, 2.45) is 5.92 Å². The van der Waals surface area contributed by atoms with Crippen molar-refractivity contribution in [1.29, 1.82) is 0 Å². The molecule has 1 unspecified atom stereocenters. The number of unbranched alkanes of at least 4 members (excludes halogenated alkanes) is 6. The predicted molar refractivity (Wildman–Crippen MR) is 119 cm³/mol. The zero-order valence-electron chi connectivity index (χ0n) is 18.0. The van der Waals surface area contributed by atoms with E-state index in [-0.39, 0.29) is 0 Å². The van der Waals surface area contributed by atoms with E-state index in [0.717, 1.165) is 24.7 Å². The van der Waals surface area contributed by atoms with Crippen LogP contribution in [0.5, 0.6) is 5.75 Å². The van der Waals surface area contributed by atoms with Gasteiger partial charge in [0.05, 0.1) is 6.61 Å². The quantitative estimate of drug-likeness (QED) is 0.236. The highest BCUT2D eigenvalue weighted by molar-refractivity contribution is 5.28. The van der Waals surface area contributed by atoms with Gasteiger partial charge in [0.1, 0.15) is 5.75 Å². The lowest BCUT2D eigenvalue weighted by atomic mass is 9.84. The Balaban J connectivity index is 1.61. The fraction of sp³-hybridized carbons (Fsp3) is 0.692. The van der Waals surface area contributed by atoms with E-state index in [4.69, 9.17) is 4.74 Å². The van der Waals surface area contributed by atoms with Crippen molar-refractivity contribution in [1.82, 2.24) is 0 Å². The number of rotatable bonds is 14. The monoisotopic (exact) mass is 370 g/mol. The highest BCUT2D eigenvalue weighted by Crippen LogP contribution is 2.30.